The van der Waals surface area contributed by atoms with Crippen LogP contribution in [-0.2, 0) is 9.53 Å². The summed E-state index contributed by atoms with van der Waals surface area (Å²) in [7, 11) is 0. The highest BCUT2D eigenvalue weighted by Gasteiger charge is 2.22. The van der Waals surface area contributed by atoms with Gasteiger partial charge in [-0.3, -0.25) is 10.2 Å². The Morgan fingerprint density at radius 1 is 1.43 bits per heavy atom. The van der Waals surface area contributed by atoms with E-state index in [9.17, 15) is 4.79 Å². The lowest BCUT2D eigenvalue weighted by molar-refractivity contribution is -0.136. The fraction of sp³-hybridized carbons (Fsp3) is 0.900. The zero-order valence-corrected chi connectivity index (χ0v) is 8.95. The standard InChI is InChI=1S/C10H20N2O2/c1-7-3-5-9(6-4-7)14-8(2)10(13)12-11/h7-9H,3-6,11H2,1-2H3,(H,12,13). The smallest absolute Gasteiger partial charge is 0.262 e. The molecule has 4 heteroatoms. The first-order valence-electron chi connectivity index (χ1n) is 5.29. The third-order valence-corrected chi connectivity index (χ3v) is 2.87. The molecule has 4 nitrogen and oxygen atoms in total. The molecule has 1 fully saturated rings. The van der Waals surface area contributed by atoms with Crippen molar-refractivity contribution in [2.75, 3.05) is 0 Å². The monoisotopic (exact) mass is 200 g/mol. The summed E-state index contributed by atoms with van der Waals surface area (Å²) in [5, 5.41) is 0. The minimum absolute atomic E-state index is 0.235. The quantitative estimate of drug-likeness (QED) is 0.405. The number of ether oxygens (including phenoxy) is 1. The Hall–Kier alpha value is -0.610. The molecule has 0 spiro atoms. The molecule has 1 unspecified atom stereocenters. The summed E-state index contributed by atoms with van der Waals surface area (Å²) in [5.74, 6) is 5.57. The third kappa shape index (κ3) is 3.27. The summed E-state index contributed by atoms with van der Waals surface area (Å²) in [6.45, 7) is 3.99. The van der Waals surface area contributed by atoms with Crippen LogP contribution in [0.15, 0.2) is 0 Å². The fourth-order valence-corrected chi connectivity index (χ4v) is 1.83. The molecular weight excluding hydrogens is 180 g/mol. The van der Waals surface area contributed by atoms with Gasteiger partial charge in [-0.15, -0.1) is 0 Å². The van der Waals surface area contributed by atoms with Gasteiger partial charge < -0.3 is 4.74 Å². The highest BCUT2D eigenvalue weighted by molar-refractivity contribution is 5.79. The van der Waals surface area contributed by atoms with E-state index in [-0.39, 0.29) is 12.0 Å². The predicted octanol–water partition coefficient (Wildman–Crippen LogP) is 0.960. The zero-order chi connectivity index (χ0) is 10.6. The van der Waals surface area contributed by atoms with E-state index in [1.165, 1.54) is 12.8 Å². The minimum atomic E-state index is -0.432. The Labute approximate surface area is 85.2 Å². The van der Waals surface area contributed by atoms with Crippen LogP contribution in [0.1, 0.15) is 39.5 Å². The summed E-state index contributed by atoms with van der Waals surface area (Å²) in [6.07, 6.45) is 4.31. The predicted molar refractivity (Wildman–Crippen MR) is 54.3 cm³/mol. The molecule has 0 bridgehead atoms. The average molecular weight is 200 g/mol. The first kappa shape index (κ1) is 11.5. The second kappa shape index (κ2) is 5.32. The molecule has 0 heterocycles. The summed E-state index contributed by atoms with van der Waals surface area (Å²) < 4.78 is 5.60. The van der Waals surface area contributed by atoms with E-state index in [0.717, 1.165) is 18.8 Å². The lowest BCUT2D eigenvalue weighted by atomic mass is 9.89. The Morgan fingerprint density at radius 3 is 2.50 bits per heavy atom. The number of rotatable bonds is 3. The molecule has 82 valence electrons. The Balaban J connectivity index is 2.27. The van der Waals surface area contributed by atoms with E-state index in [4.69, 9.17) is 10.6 Å². The van der Waals surface area contributed by atoms with Crippen molar-refractivity contribution < 1.29 is 9.53 Å². The van der Waals surface area contributed by atoms with Crippen molar-refractivity contribution in [1.82, 2.24) is 5.43 Å². The Bertz CT molecular complexity index is 189. The van der Waals surface area contributed by atoms with E-state index in [2.05, 4.69) is 12.3 Å². The Kier molecular flexibility index (Phi) is 4.35. The SMILES string of the molecule is CC1CCC(OC(C)C(=O)NN)CC1. The van der Waals surface area contributed by atoms with Gasteiger partial charge >= 0.3 is 0 Å². The van der Waals surface area contributed by atoms with Gasteiger partial charge in [-0.1, -0.05) is 6.92 Å². The van der Waals surface area contributed by atoms with Gasteiger partial charge in [0.05, 0.1) is 6.10 Å². The largest absolute Gasteiger partial charge is 0.365 e. The van der Waals surface area contributed by atoms with E-state index in [1.807, 2.05) is 0 Å². The molecule has 1 rings (SSSR count). The maximum Gasteiger partial charge on any atom is 0.262 e. The van der Waals surface area contributed by atoms with Crippen LogP contribution in [0.3, 0.4) is 0 Å². The van der Waals surface area contributed by atoms with Crippen LogP contribution in [0, 0.1) is 5.92 Å². The lowest BCUT2D eigenvalue weighted by Gasteiger charge is -2.28. The molecule has 1 saturated carbocycles. The van der Waals surface area contributed by atoms with Crippen molar-refractivity contribution >= 4 is 5.91 Å². The summed E-state index contributed by atoms with van der Waals surface area (Å²) >= 11 is 0. The topological polar surface area (TPSA) is 64.3 Å². The lowest BCUT2D eigenvalue weighted by Crippen LogP contribution is -2.41. The molecule has 1 aliphatic rings. The summed E-state index contributed by atoms with van der Waals surface area (Å²) in [5.41, 5.74) is 2.10. The van der Waals surface area contributed by atoms with Crippen LogP contribution >= 0.6 is 0 Å². The molecule has 0 aromatic carbocycles. The molecule has 0 radical (unpaired) electrons. The fourth-order valence-electron chi connectivity index (χ4n) is 1.83. The molecule has 1 atom stereocenters. The molecule has 3 N–H and O–H groups in total. The summed E-state index contributed by atoms with van der Waals surface area (Å²) in [6, 6.07) is 0. The van der Waals surface area contributed by atoms with Crippen molar-refractivity contribution in [3.8, 4) is 0 Å². The number of hydrogen-bond acceptors (Lipinski definition) is 3. The molecule has 1 amide bonds. The average Bonchev–Trinajstić information content (AvgIpc) is 2.20. The van der Waals surface area contributed by atoms with Crippen molar-refractivity contribution in [3.63, 3.8) is 0 Å². The number of carbonyl (C=O) groups excluding carboxylic acids is 1. The van der Waals surface area contributed by atoms with Gasteiger partial charge in [0.25, 0.3) is 5.91 Å². The summed E-state index contributed by atoms with van der Waals surface area (Å²) in [4.78, 5) is 11.1. The molecular formula is C10H20N2O2. The third-order valence-electron chi connectivity index (χ3n) is 2.87. The molecule has 0 aliphatic heterocycles. The van der Waals surface area contributed by atoms with E-state index in [1.54, 1.807) is 6.92 Å². The number of nitrogens with one attached hydrogen (secondary N) is 1. The molecule has 0 saturated heterocycles. The first-order chi connectivity index (χ1) is 6.63. The van der Waals surface area contributed by atoms with Crippen LogP contribution in [-0.4, -0.2) is 18.1 Å². The van der Waals surface area contributed by atoms with Crippen molar-refractivity contribution in [1.29, 1.82) is 0 Å². The number of carbonyl (C=O) groups is 1. The van der Waals surface area contributed by atoms with Gasteiger partial charge in [0.15, 0.2) is 0 Å². The van der Waals surface area contributed by atoms with Crippen molar-refractivity contribution in [2.45, 2.75) is 51.7 Å². The number of nitrogens with two attached hydrogens (primary N) is 1. The first-order valence-corrected chi connectivity index (χ1v) is 5.29. The van der Waals surface area contributed by atoms with Gasteiger partial charge in [-0.2, -0.15) is 0 Å². The van der Waals surface area contributed by atoms with Crippen LogP contribution in [0.5, 0.6) is 0 Å². The van der Waals surface area contributed by atoms with E-state index >= 15 is 0 Å². The van der Waals surface area contributed by atoms with Gasteiger partial charge in [0, 0.05) is 0 Å². The highest BCUT2D eigenvalue weighted by atomic mass is 16.5. The maximum atomic E-state index is 11.1. The van der Waals surface area contributed by atoms with Gasteiger partial charge in [0.1, 0.15) is 6.10 Å². The number of hydrazine groups is 1. The molecule has 14 heavy (non-hydrogen) atoms. The van der Waals surface area contributed by atoms with Gasteiger partial charge in [-0.05, 0) is 38.5 Å². The highest BCUT2D eigenvalue weighted by Crippen LogP contribution is 2.26. The van der Waals surface area contributed by atoms with E-state index < -0.39 is 6.10 Å². The maximum absolute atomic E-state index is 11.1. The van der Waals surface area contributed by atoms with Crippen LogP contribution in [0.25, 0.3) is 0 Å². The van der Waals surface area contributed by atoms with Crippen molar-refractivity contribution in [2.24, 2.45) is 11.8 Å². The molecule has 0 aromatic heterocycles. The molecule has 0 aromatic rings. The van der Waals surface area contributed by atoms with Gasteiger partial charge in [0.2, 0.25) is 0 Å². The molecule has 1 aliphatic carbocycles. The van der Waals surface area contributed by atoms with E-state index in [0.29, 0.717) is 0 Å². The minimum Gasteiger partial charge on any atom is -0.365 e. The normalized spacial score (nSPS) is 29.6. The van der Waals surface area contributed by atoms with Gasteiger partial charge in [-0.25, -0.2) is 5.84 Å². The van der Waals surface area contributed by atoms with Crippen LogP contribution in [0.4, 0.5) is 0 Å². The van der Waals surface area contributed by atoms with Crippen LogP contribution in [0.2, 0.25) is 0 Å². The van der Waals surface area contributed by atoms with Crippen LogP contribution < -0.4 is 11.3 Å². The van der Waals surface area contributed by atoms with Crippen molar-refractivity contribution in [3.05, 3.63) is 0 Å². The zero-order valence-electron chi connectivity index (χ0n) is 8.95. The number of amides is 1. The number of hydrogen-bond donors (Lipinski definition) is 2. The second-order valence-corrected chi connectivity index (χ2v) is 4.17. The Morgan fingerprint density at radius 2 is 2.00 bits per heavy atom. The second-order valence-electron chi connectivity index (χ2n) is 4.17.